The Balaban J connectivity index is 1.35. The molecule has 2 aliphatic rings. The van der Waals surface area contributed by atoms with Gasteiger partial charge in [0.2, 0.25) is 5.91 Å². The second kappa shape index (κ2) is 9.02. The number of alkyl carbamates (subject to hydrolysis) is 1. The molecule has 1 fully saturated rings. The van der Waals surface area contributed by atoms with Crippen molar-refractivity contribution in [2.75, 3.05) is 6.61 Å². The lowest BCUT2D eigenvalue weighted by Gasteiger charge is -2.34. The fraction of sp³-hybridized carbons (Fsp3) is 0.400. The number of amides is 2. The van der Waals surface area contributed by atoms with Crippen LogP contribution in [0.15, 0.2) is 48.5 Å². The molecular formula is C25H28N2O5. The molecule has 32 heavy (non-hydrogen) atoms. The number of carbonyl (C=O) groups is 3. The Labute approximate surface area is 187 Å². The standard InChI is InChI=1S/C25H28N2O5/c1-14(2)22(23(28)26-16-11-15(12-16)24(29)30)27-25(31)32-13-21-19-9-5-3-7-17(19)18-8-4-6-10-20(18)21/h3-10,14-16,21-22H,11-13H2,1-2H3,(H,26,28)(H,27,31)(H,29,30). The van der Waals surface area contributed by atoms with Gasteiger partial charge in [0.25, 0.3) is 0 Å². The molecule has 4 rings (SSSR count). The van der Waals surface area contributed by atoms with Crippen LogP contribution < -0.4 is 10.6 Å². The quantitative estimate of drug-likeness (QED) is 0.616. The third-order valence-electron chi connectivity index (χ3n) is 6.40. The molecule has 0 heterocycles. The van der Waals surface area contributed by atoms with Gasteiger partial charge in [-0.3, -0.25) is 9.59 Å². The Hall–Kier alpha value is -3.35. The third-order valence-corrected chi connectivity index (χ3v) is 6.40. The molecular weight excluding hydrogens is 408 g/mol. The van der Waals surface area contributed by atoms with Crippen LogP contribution in [0.3, 0.4) is 0 Å². The maximum atomic E-state index is 12.7. The summed E-state index contributed by atoms with van der Waals surface area (Å²) in [5.41, 5.74) is 4.55. The van der Waals surface area contributed by atoms with Crippen LogP contribution in [0.4, 0.5) is 4.79 Å². The monoisotopic (exact) mass is 436 g/mol. The molecule has 1 saturated carbocycles. The Bertz CT molecular complexity index is 983. The van der Waals surface area contributed by atoms with Crippen LogP contribution in [-0.2, 0) is 14.3 Å². The van der Waals surface area contributed by atoms with Gasteiger partial charge in [-0.05, 0) is 41.0 Å². The maximum absolute atomic E-state index is 12.7. The van der Waals surface area contributed by atoms with Crippen LogP contribution in [0.1, 0.15) is 43.7 Å². The number of fused-ring (bicyclic) bond motifs is 3. The molecule has 3 N–H and O–H groups in total. The highest BCUT2D eigenvalue weighted by molar-refractivity contribution is 5.86. The Morgan fingerprint density at radius 3 is 2.09 bits per heavy atom. The first-order valence-electron chi connectivity index (χ1n) is 11.0. The zero-order chi connectivity index (χ0) is 22.8. The van der Waals surface area contributed by atoms with Crippen LogP contribution in [0.2, 0.25) is 0 Å². The number of carboxylic acids is 1. The van der Waals surface area contributed by atoms with Gasteiger partial charge in [-0.25, -0.2) is 4.79 Å². The van der Waals surface area contributed by atoms with Crippen molar-refractivity contribution in [2.45, 2.75) is 44.7 Å². The first-order valence-corrected chi connectivity index (χ1v) is 11.0. The Morgan fingerprint density at radius 2 is 1.56 bits per heavy atom. The van der Waals surface area contributed by atoms with E-state index in [-0.39, 0.29) is 30.4 Å². The van der Waals surface area contributed by atoms with Crippen LogP contribution in [0, 0.1) is 11.8 Å². The summed E-state index contributed by atoms with van der Waals surface area (Å²) >= 11 is 0. The molecule has 1 unspecified atom stereocenters. The van der Waals surface area contributed by atoms with Crippen molar-refractivity contribution in [3.05, 3.63) is 59.7 Å². The van der Waals surface area contributed by atoms with Crippen LogP contribution in [0.5, 0.6) is 0 Å². The van der Waals surface area contributed by atoms with Gasteiger partial charge in [0, 0.05) is 12.0 Å². The zero-order valence-corrected chi connectivity index (χ0v) is 18.2. The second-order valence-electron chi connectivity index (χ2n) is 8.90. The van der Waals surface area contributed by atoms with Crippen LogP contribution in [0.25, 0.3) is 11.1 Å². The molecule has 0 spiro atoms. The van der Waals surface area contributed by atoms with E-state index >= 15 is 0 Å². The number of carboxylic acid groups (broad SMARTS) is 1. The minimum Gasteiger partial charge on any atom is -0.481 e. The van der Waals surface area contributed by atoms with Crippen molar-refractivity contribution in [3.8, 4) is 11.1 Å². The molecule has 7 heteroatoms. The van der Waals surface area contributed by atoms with E-state index in [9.17, 15) is 14.4 Å². The highest BCUT2D eigenvalue weighted by Gasteiger charge is 2.37. The number of nitrogens with one attached hydrogen (secondary N) is 2. The highest BCUT2D eigenvalue weighted by atomic mass is 16.5. The molecule has 7 nitrogen and oxygen atoms in total. The summed E-state index contributed by atoms with van der Waals surface area (Å²) in [5.74, 6) is -1.77. The van der Waals surface area contributed by atoms with Crippen molar-refractivity contribution in [2.24, 2.45) is 11.8 Å². The van der Waals surface area contributed by atoms with Gasteiger partial charge < -0.3 is 20.5 Å². The second-order valence-corrected chi connectivity index (χ2v) is 8.90. The fourth-order valence-corrected chi connectivity index (χ4v) is 4.53. The minimum atomic E-state index is -0.840. The number of rotatable bonds is 7. The van der Waals surface area contributed by atoms with E-state index < -0.39 is 24.0 Å². The molecule has 2 amide bonds. The van der Waals surface area contributed by atoms with Gasteiger partial charge in [0.1, 0.15) is 12.6 Å². The molecule has 0 saturated heterocycles. The van der Waals surface area contributed by atoms with E-state index in [0.717, 1.165) is 22.3 Å². The lowest BCUT2D eigenvalue weighted by atomic mass is 9.80. The largest absolute Gasteiger partial charge is 0.481 e. The average Bonchev–Trinajstić information content (AvgIpc) is 3.06. The molecule has 1 atom stereocenters. The van der Waals surface area contributed by atoms with Gasteiger partial charge in [-0.15, -0.1) is 0 Å². The number of hydrogen-bond donors (Lipinski definition) is 3. The van der Waals surface area contributed by atoms with E-state index in [1.807, 2.05) is 38.1 Å². The topological polar surface area (TPSA) is 105 Å². The first kappa shape index (κ1) is 21.9. The van der Waals surface area contributed by atoms with Gasteiger partial charge in [-0.2, -0.15) is 0 Å². The third kappa shape index (κ3) is 4.33. The molecule has 0 aromatic heterocycles. The van der Waals surface area contributed by atoms with Crippen molar-refractivity contribution in [1.82, 2.24) is 10.6 Å². The van der Waals surface area contributed by atoms with Crippen molar-refractivity contribution >= 4 is 18.0 Å². The number of aliphatic carboxylic acids is 1. The predicted molar refractivity (Wildman–Crippen MR) is 119 cm³/mol. The number of carbonyl (C=O) groups excluding carboxylic acids is 2. The molecule has 0 bridgehead atoms. The van der Waals surface area contributed by atoms with Gasteiger partial charge >= 0.3 is 12.1 Å². The SMILES string of the molecule is CC(C)C(NC(=O)OCC1c2ccccc2-c2ccccc21)C(=O)NC1CC(C(=O)O)C1. The summed E-state index contributed by atoms with van der Waals surface area (Å²) in [6.45, 7) is 3.86. The van der Waals surface area contributed by atoms with Crippen molar-refractivity contribution in [3.63, 3.8) is 0 Å². The maximum Gasteiger partial charge on any atom is 0.407 e. The summed E-state index contributed by atoms with van der Waals surface area (Å²) in [6.07, 6.45) is 0.186. The molecule has 2 aliphatic carbocycles. The first-order chi connectivity index (χ1) is 15.3. The molecule has 2 aromatic rings. The molecule has 0 aliphatic heterocycles. The Kier molecular flexibility index (Phi) is 6.17. The van der Waals surface area contributed by atoms with Crippen LogP contribution >= 0.6 is 0 Å². The Morgan fingerprint density at radius 1 is 1.00 bits per heavy atom. The molecule has 0 radical (unpaired) electrons. The summed E-state index contributed by atoms with van der Waals surface area (Å²) in [6, 6.07) is 15.3. The van der Waals surface area contributed by atoms with E-state index in [2.05, 4.69) is 34.9 Å². The lowest BCUT2D eigenvalue weighted by Crippen LogP contribution is -2.55. The van der Waals surface area contributed by atoms with Gasteiger partial charge in [0.05, 0.1) is 5.92 Å². The highest BCUT2D eigenvalue weighted by Crippen LogP contribution is 2.44. The number of benzene rings is 2. The van der Waals surface area contributed by atoms with E-state index in [1.54, 1.807) is 0 Å². The van der Waals surface area contributed by atoms with Crippen LogP contribution in [-0.4, -0.2) is 41.8 Å². The van der Waals surface area contributed by atoms with E-state index in [0.29, 0.717) is 12.8 Å². The lowest BCUT2D eigenvalue weighted by molar-refractivity contribution is -0.146. The molecule has 2 aromatic carbocycles. The molecule has 168 valence electrons. The number of ether oxygens (including phenoxy) is 1. The fourth-order valence-electron chi connectivity index (χ4n) is 4.53. The minimum absolute atomic E-state index is 0.0533. The smallest absolute Gasteiger partial charge is 0.407 e. The summed E-state index contributed by atoms with van der Waals surface area (Å²) < 4.78 is 5.56. The van der Waals surface area contributed by atoms with Crippen molar-refractivity contribution < 1.29 is 24.2 Å². The summed E-state index contributed by atoms with van der Waals surface area (Å²) in [5, 5.41) is 14.5. The van der Waals surface area contributed by atoms with E-state index in [1.165, 1.54) is 0 Å². The van der Waals surface area contributed by atoms with Crippen molar-refractivity contribution in [1.29, 1.82) is 0 Å². The number of hydrogen-bond acceptors (Lipinski definition) is 4. The van der Waals surface area contributed by atoms with Gasteiger partial charge in [0.15, 0.2) is 0 Å². The summed E-state index contributed by atoms with van der Waals surface area (Å²) in [7, 11) is 0. The van der Waals surface area contributed by atoms with E-state index in [4.69, 9.17) is 9.84 Å². The zero-order valence-electron chi connectivity index (χ0n) is 18.2. The average molecular weight is 437 g/mol. The normalized spacial score (nSPS) is 20.0. The summed E-state index contributed by atoms with van der Waals surface area (Å²) in [4.78, 5) is 36.2. The predicted octanol–water partition coefficient (Wildman–Crippen LogP) is 3.53. The van der Waals surface area contributed by atoms with Gasteiger partial charge in [-0.1, -0.05) is 62.4 Å².